The van der Waals surface area contributed by atoms with Gasteiger partial charge in [-0.15, -0.1) is 24.8 Å². The molecule has 1 atom stereocenters. The third-order valence-corrected chi connectivity index (χ3v) is 4.54. The Balaban J connectivity index is 0.00000169. The highest BCUT2D eigenvalue weighted by Gasteiger charge is 2.28. The molecule has 0 bridgehead atoms. The zero-order valence-corrected chi connectivity index (χ0v) is 17.2. The molecule has 3 nitrogen and oxygen atoms in total. The van der Waals surface area contributed by atoms with E-state index in [1.54, 1.807) is 12.1 Å². The van der Waals surface area contributed by atoms with E-state index in [0.29, 0.717) is 11.6 Å². The monoisotopic (exact) mass is 420 g/mol. The molecule has 1 unspecified atom stereocenters. The third kappa shape index (κ3) is 5.48. The zero-order valence-electron chi connectivity index (χ0n) is 14.8. The maximum absolute atomic E-state index is 13.9. The molecule has 144 valence electrons. The van der Waals surface area contributed by atoms with Crippen LogP contribution in [0.5, 0.6) is 5.75 Å². The van der Waals surface area contributed by atoms with E-state index >= 15 is 0 Å². The van der Waals surface area contributed by atoms with E-state index in [4.69, 9.17) is 16.3 Å². The molecule has 1 aliphatic rings. The number of fused-ring (bicyclic) bond motifs is 1. The summed E-state index contributed by atoms with van der Waals surface area (Å²) < 4.78 is 19.8. The summed E-state index contributed by atoms with van der Waals surface area (Å²) in [6.45, 7) is 3.18. The van der Waals surface area contributed by atoms with Crippen LogP contribution in [0, 0.1) is 5.82 Å². The second-order valence-corrected chi connectivity index (χ2v) is 6.76. The lowest BCUT2D eigenvalue weighted by atomic mass is 9.96. The molecule has 0 N–H and O–H groups in total. The van der Waals surface area contributed by atoms with Gasteiger partial charge in [0.15, 0.2) is 0 Å². The van der Waals surface area contributed by atoms with Crippen LogP contribution in [-0.4, -0.2) is 50.1 Å². The van der Waals surface area contributed by atoms with E-state index in [9.17, 15) is 4.39 Å². The minimum absolute atomic E-state index is 0. The van der Waals surface area contributed by atoms with E-state index in [1.807, 2.05) is 24.3 Å². The average Bonchev–Trinajstić information content (AvgIpc) is 2.72. The molecule has 1 aliphatic heterocycles. The van der Waals surface area contributed by atoms with Gasteiger partial charge < -0.3 is 9.64 Å². The quantitative estimate of drug-likeness (QED) is 0.713. The van der Waals surface area contributed by atoms with Crippen molar-refractivity contribution in [2.75, 3.05) is 40.3 Å². The van der Waals surface area contributed by atoms with E-state index in [1.165, 1.54) is 6.07 Å². The van der Waals surface area contributed by atoms with Gasteiger partial charge in [0.25, 0.3) is 0 Å². The van der Waals surface area contributed by atoms with E-state index in [2.05, 4.69) is 23.9 Å². The lowest BCUT2D eigenvalue weighted by Crippen LogP contribution is -2.36. The molecule has 0 fully saturated rings. The number of likely N-dealkylation sites (N-methyl/N-ethyl adjacent to an activating group) is 1. The molecule has 1 heterocycles. The van der Waals surface area contributed by atoms with Gasteiger partial charge >= 0.3 is 0 Å². The van der Waals surface area contributed by atoms with Crippen molar-refractivity contribution in [2.24, 2.45) is 0 Å². The van der Waals surface area contributed by atoms with Gasteiger partial charge in [0.1, 0.15) is 18.2 Å². The van der Waals surface area contributed by atoms with Gasteiger partial charge in [0, 0.05) is 30.2 Å². The minimum Gasteiger partial charge on any atom is -0.492 e. The molecule has 0 saturated carbocycles. The Hall–Kier alpha value is -1.04. The van der Waals surface area contributed by atoms with Crippen LogP contribution in [-0.2, 0) is 0 Å². The summed E-state index contributed by atoms with van der Waals surface area (Å²) in [7, 11) is 4.11. The Morgan fingerprint density at radius 1 is 1.15 bits per heavy atom. The van der Waals surface area contributed by atoms with Crippen molar-refractivity contribution in [1.29, 1.82) is 0 Å². The Morgan fingerprint density at radius 3 is 2.50 bits per heavy atom. The molecule has 26 heavy (non-hydrogen) atoms. The van der Waals surface area contributed by atoms with Gasteiger partial charge in [0.05, 0.1) is 6.04 Å². The van der Waals surface area contributed by atoms with Crippen molar-refractivity contribution in [1.82, 2.24) is 9.80 Å². The van der Waals surface area contributed by atoms with Crippen LogP contribution in [0.2, 0.25) is 5.02 Å². The molecule has 0 radical (unpaired) electrons. The van der Waals surface area contributed by atoms with Crippen molar-refractivity contribution in [2.45, 2.75) is 6.04 Å². The first-order chi connectivity index (χ1) is 11.5. The Kier molecular flexibility index (Phi) is 9.14. The van der Waals surface area contributed by atoms with E-state index in [-0.39, 0.29) is 36.7 Å². The summed E-state index contributed by atoms with van der Waals surface area (Å²) in [5.74, 6) is 0.509. The standard InChI is InChI=1S/C19H22ClFN2O.2ClH/c1-22(2)9-10-23-11-12-24-18-8-7-16(21)13-17(18)19(23)14-3-5-15(20)6-4-14;;/h3-8,13,19H,9-12H2,1-2H3;2*1H. The van der Waals surface area contributed by atoms with Crippen LogP contribution >= 0.6 is 36.4 Å². The van der Waals surface area contributed by atoms with Crippen LogP contribution in [0.1, 0.15) is 17.2 Å². The molecule has 0 saturated heterocycles. The molecule has 2 aromatic carbocycles. The zero-order chi connectivity index (χ0) is 17.1. The highest BCUT2D eigenvalue weighted by atomic mass is 35.5. The topological polar surface area (TPSA) is 15.7 Å². The van der Waals surface area contributed by atoms with Crippen LogP contribution in [0.15, 0.2) is 42.5 Å². The molecule has 0 aromatic heterocycles. The number of hydrogen-bond acceptors (Lipinski definition) is 3. The van der Waals surface area contributed by atoms with Crippen molar-refractivity contribution in [3.8, 4) is 5.75 Å². The number of hydrogen-bond donors (Lipinski definition) is 0. The predicted molar refractivity (Wildman–Crippen MR) is 110 cm³/mol. The number of benzene rings is 2. The second-order valence-electron chi connectivity index (χ2n) is 6.32. The lowest BCUT2D eigenvalue weighted by molar-refractivity contribution is 0.185. The summed E-state index contributed by atoms with van der Waals surface area (Å²) in [5, 5.41) is 0.697. The van der Waals surface area contributed by atoms with Crippen LogP contribution in [0.4, 0.5) is 4.39 Å². The summed E-state index contributed by atoms with van der Waals surface area (Å²) in [5.41, 5.74) is 1.96. The third-order valence-electron chi connectivity index (χ3n) is 4.29. The smallest absolute Gasteiger partial charge is 0.124 e. The Labute approximate surface area is 171 Å². The highest BCUT2D eigenvalue weighted by molar-refractivity contribution is 6.30. The van der Waals surface area contributed by atoms with Crippen molar-refractivity contribution >= 4 is 36.4 Å². The molecule has 0 aliphatic carbocycles. The van der Waals surface area contributed by atoms with E-state index < -0.39 is 0 Å². The van der Waals surface area contributed by atoms with E-state index in [0.717, 1.165) is 36.5 Å². The predicted octanol–water partition coefficient (Wildman–Crippen LogP) is 4.67. The van der Waals surface area contributed by atoms with Gasteiger partial charge in [0.2, 0.25) is 0 Å². The van der Waals surface area contributed by atoms with Crippen molar-refractivity contribution < 1.29 is 9.13 Å². The first kappa shape index (κ1) is 23.0. The van der Waals surface area contributed by atoms with Gasteiger partial charge in [-0.1, -0.05) is 23.7 Å². The molecular weight excluding hydrogens is 398 g/mol. The van der Waals surface area contributed by atoms with Gasteiger partial charge in [-0.05, 0) is 50.0 Å². The SMILES string of the molecule is CN(C)CCN1CCOc2ccc(F)cc2C1c1ccc(Cl)cc1.Cl.Cl. The van der Waals surface area contributed by atoms with Crippen LogP contribution in [0.3, 0.4) is 0 Å². The fourth-order valence-corrected chi connectivity index (χ4v) is 3.19. The summed E-state index contributed by atoms with van der Waals surface area (Å²) in [6, 6.07) is 12.5. The number of halogens is 4. The highest BCUT2D eigenvalue weighted by Crippen LogP contribution is 2.37. The van der Waals surface area contributed by atoms with Crippen molar-refractivity contribution in [3.05, 3.63) is 64.4 Å². The van der Waals surface area contributed by atoms with Gasteiger partial charge in [-0.2, -0.15) is 0 Å². The maximum Gasteiger partial charge on any atom is 0.124 e. The summed E-state index contributed by atoms with van der Waals surface area (Å²) in [4.78, 5) is 4.49. The number of ether oxygens (including phenoxy) is 1. The first-order valence-corrected chi connectivity index (χ1v) is 8.49. The Bertz CT molecular complexity index is 698. The Morgan fingerprint density at radius 2 is 1.85 bits per heavy atom. The normalized spacial score (nSPS) is 16.7. The number of rotatable bonds is 4. The second kappa shape index (κ2) is 10.3. The molecule has 3 rings (SSSR count). The first-order valence-electron chi connectivity index (χ1n) is 8.11. The maximum atomic E-state index is 13.9. The molecule has 7 heteroatoms. The van der Waals surface area contributed by atoms with Crippen LogP contribution < -0.4 is 4.74 Å². The lowest BCUT2D eigenvalue weighted by Gasteiger charge is -2.31. The van der Waals surface area contributed by atoms with Crippen LogP contribution in [0.25, 0.3) is 0 Å². The molecule has 0 amide bonds. The van der Waals surface area contributed by atoms with Gasteiger partial charge in [-0.3, -0.25) is 4.90 Å². The minimum atomic E-state index is -0.245. The number of nitrogens with zero attached hydrogens (tertiary/aromatic N) is 2. The largest absolute Gasteiger partial charge is 0.492 e. The fourth-order valence-electron chi connectivity index (χ4n) is 3.07. The van der Waals surface area contributed by atoms with Crippen molar-refractivity contribution in [3.63, 3.8) is 0 Å². The molecule has 2 aromatic rings. The summed E-state index contributed by atoms with van der Waals surface area (Å²) in [6.07, 6.45) is 0. The molecule has 0 spiro atoms. The fraction of sp³-hybridized carbons (Fsp3) is 0.368. The van der Waals surface area contributed by atoms with Gasteiger partial charge in [-0.25, -0.2) is 4.39 Å². The molecular formula is C19H24Cl3FN2O. The summed E-state index contributed by atoms with van der Waals surface area (Å²) >= 11 is 6.04. The average molecular weight is 422 g/mol.